The van der Waals surface area contributed by atoms with Gasteiger partial charge in [0.2, 0.25) is 5.82 Å². The van der Waals surface area contributed by atoms with Crippen LogP contribution in [0.25, 0.3) is 11.4 Å². The van der Waals surface area contributed by atoms with Crippen molar-refractivity contribution in [1.82, 2.24) is 9.97 Å². The average molecular weight is 883 g/mol. The van der Waals surface area contributed by atoms with Gasteiger partial charge in [0.15, 0.2) is 23.1 Å². The first kappa shape index (κ1) is 50.7. The van der Waals surface area contributed by atoms with Gasteiger partial charge in [0.05, 0.1) is 37.8 Å². The number of hydrogen-bond donors (Lipinski definition) is 0. The van der Waals surface area contributed by atoms with Crippen molar-refractivity contribution in [3.63, 3.8) is 0 Å². The third-order valence-electron chi connectivity index (χ3n) is 7.66. The summed E-state index contributed by atoms with van der Waals surface area (Å²) >= 11 is 0. The summed E-state index contributed by atoms with van der Waals surface area (Å²) in [6, 6.07) is 2.26. The number of ether oxygens (including phenoxy) is 5. The normalized spacial score (nSPS) is 14.2. The van der Waals surface area contributed by atoms with Gasteiger partial charge in [-0.15, -0.1) is 0 Å². The van der Waals surface area contributed by atoms with E-state index >= 15 is 0 Å². The highest BCUT2D eigenvalue weighted by Crippen LogP contribution is 2.56. The number of unbranched alkanes of at least 4 members (excludes halogenated alkanes) is 7. The van der Waals surface area contributed by atoms with Crippen LogP contribution < -0.4 is 9.47 Å². The van der Waals surface area contributed by atoms with Gasteiger partial charge in [-0.05, 0) is 37.8 Å². The van der Waals surface area contributed by atoms with Crippen molar-refractivity contribution in [3.8, 4) is 22.9 Å². The average Bonchev–Trinajstić information content (AvgIpc) is 3.09. The molecule has 0 amide bonds. The second kappa shape index (κ2) is 20.7. The molecule has 1 heterocycles. The maximum absolute atomic E-state index is 14.8. The van der Waals surface area contributed by atoms with Gasteiger partial charge in [-0.2, -0.15) is 70.2 Å². The van der Waals surface area contributed by atoms with Crippen LogP contribution >= 0.6 is 0 Å². The standard InChI is InChI=1S/C33H36F18N2O5/c1-2-3-4-5-6-9-14-55-21-16-52-26(53-17-21)22-12-13-23(25(36)24(22)35)56-15-10-7-8-11-20(34)18-54-19-27(37,38)57-32(48,49)33(50,51)58-31(46,47)29(41,42)28(39,40)30(43,44)45/h12-13,16-17,20H,2-11,14-15,18-19H2,1H3/t20-/m1/s1. The van der Waals surface area contributed by atoms with Crippen LogP contribution in [0.2, 0.25) is 0 Å². The van der Waals surface area contributed by atoms with Gasteiger partial charge in [-0.25, -0.2) is 28.2 Å². The van der Waals surface area contributed by atoms with Crippen molar-refractivity contribution in [2.75, 3.05) is 26.4 Å². The van der Waals surface area contributed by atoms with Crippen molar-refractivity contribution in [3.05, 3.63) is 36.2 Å². The summed E-state index contributed by atoms with van der Waals surface area (Å²) in [5.74, 6) is -18.8. The molecule has 2 aromatic rings. The van der Waals surface area contributed by atoms with Crippen LogP contribution in [0.4, 0.5) is 79.0 Å². The number of hydrogen-bond acceptors (Lipinski definition) is 7. The van der Waals surface area contributed by atoms with Gasteiger partial charge in [0.1, 0.15) is 12.8 Å². The zero-order chi connectivity index (χ0) is 44.2. The van der Waals surface area contributed by atoms with Crippen molar-refractivity contribution in [1.29, 1.82) is 0 Å². The van der Waals surface area contributed by atoms with Crippen LogP contribution in [0.1, 0.15) is 71.1 Å². The molecule has 58 heavy (non-hydrogen) atoms. The van der Waals surface area contributed by atoms with E-state index in [4.69, 9.17) is 9.47 Å². The summed E-state index contributed by atoms with van der Waals surface area (Å²) in [5.41, 5.74) is -0.279. The molecule has 0 aliphatic carbocycles. The molecule has 0 aliphatic heterocycles. The van der Waals surface area contributed by atoms with E-state index in [9.17, 15) is 79.0 Å². The first-order valence-corrected chi connectivity index (χ1v) is 17.1. The quantitative estimate of drug-likeness (QED) is 0.0654. The Morgan fingerprint density at radius 1 is 0.603 bits per heavy atom. The molecule has 0 spiro atoms. The lowest BCUT2D eigenvalue weighted by Gasteiger charge is -2.36. The number of nitrogens with zero attached hydrogens (tertiary/aromatic N) is 2. The number of halogens is 18. The van der Waals surface area contributed by atoms with E-state index in [1.807, 2.05) is 0 Å². The smallest absolute Gasteiger partial charge is 0.460 e. The van der Waals surface area contributed by atoms with Crippen LogP contribution in [0.15, 0.2) is 24.5 Å². The molecule has 0 saturated heterocycles. The highest BCUT2D eigenvalue weighted by molar-refractivity contribution is 5.57. The molecule has 2 rings (SSSR count). The summed E-state index contributed by atoms with van der Waals surface area (Å²) in [5, 5.41) is 0. The molecule has 1 aromatic heterocycles. The molecule has 0 radical (unpaired) electrons. The van der Waals surface area contributed by atoms with Crippen LogP contribution in [0.3, 0.4) is 0 Å². The van der Waals surface area contributed by atoms with Crippen LogP contribution in [0.5, 0.6) is 11.5 Å². The lowest BCUT2D eigenvalue weighted by molar-refractivity contribution is -0.543. The highest BCUT2D eigenvalue weighted by Gasteiger charge is 2.85. The van der Waals surface area contributed by atoms with Crippen LogP contribution in [0, 0.1) is 11.6 Å². The topological polar surface area (TPSA) is 71.9 Å². The van der Waals surface area contributed by atoms with E-state index in [1.54, 1.807) is 0 Å². The molecule has 7 nitrogen and oxygen atoms in total. The number of aromatic nitrogens is 2. The predicted molar refractivity (Wildman–Crippen MR) is 164 cm³/mol. The van der Waals surface area contributed by atoms with Crippen LogP contribution in [-0.4, -0.2) is 85.0 Å². The van der Waals surface area contributed by atoms with Gasteiger partial charge in [0.25, 0.3) is 0 Å². The summed E-state index contributed by atoms with van der Waals surface area (Å²) in [4.78, 5) is 7.99. The minimum atomic E-state index is -7.98. The minimum absolute atomic E-state index is 0.0551. The first-order valence-electron chi connectivity index (χ1n) is 17.1. The third kappa shape index (κ3) is 13.8. The molecule has 0 unspecified atom stereocenters. The summed E-state index contributed by atoms with van der Waals surface area (Å²) in [7, 11) is 0. The van der Waals surface area contributed by atoms with Crippen LogP contribution in [-0.2, 0) is 14.2 Å². The molecular formula is C33H36F18N2O5. The molecule has 334 valence electrons. The van der Waals surface area contributed by atoms with Crippen molar-refractivity contribution in [2.24, 2.45) is 0 Å². The highest BCUT2D eigenvalue weighted by atomic mass is 19.4. The maximum atomic E-state index is 14.8. The lowest BCUT2D eigenvalue weighted by atomic mass is 10.1. The first-order chi connectivity index (χ1) is 26.6. The fourth-order valence-electron chi connectivity index (χ4n) is 4.56. The molecule has 0 aliphatic rings. The summed E-state index contributed by atoms with van der Waals surface area (Å²) in [6.45, 7) is -1.58. The Balaban J connectivity index is 1.76. The molecular weight excluding hydrogens is 846 g/mol. The molecule has 0 saturated carbocycles. The molecule has 1 aromatic carbocycles. The van der Waals surface area contributed by atoms with Gasteiger partial charge < -0.3 is 14.2 Å². The Kier molecular flexibility index (Phi) is 18.1. The maximum Gasteiger partial charge on any atom is 0.460 e. The Bertz CT molecular complexity index is 1550. The molecule has 0 N–H and O–H groups in total. The summed E-state index contributed by atoms with van der Waals surface area (Å²) < 4.78 is 258. The summed E-state index contributed by atoms with van der Waals surface area (Å²) in [6.07, 6.45) is -29.1. The number of alkyl halides is 16. The molecule has 0 bridgehead atoms. The Morgan fingerprint density at radius 2 is 1.14 bits per heavy atom. The van der Waals surface area contributed by atoms with E-state index in [0.29, 0.717) is 12.4 Å². The molecule has 0 fully saturated rings. The number of rotatable bonds is 27. The third-order valence-corrected chi connectivity index (χ3v) is 7.66. The molecule has 25 heteroatoms. The largest absolute Gasteiger partial charge is 0.490 e. The van der Waals surface area contributed by atoms with Gasteiger partial charge in [-0.1, -0.05) is 45.4 Å². The Labute approximate surface area is 318 Å². The van der Waals surface area contributed by atoms with E-state index in [2.05, 4.69) is 26.4 Å². The second-order valence-electron chi connectivity index (χ2n) is 12.4. The fraction of sp³-hybridized carbons (Fsp3) is 0.697. The van der Waals surface area contributed by atoms with Crippen molar-refractivity contribution in [2.45, 2.75) is 120 Å². The number of benzene rings is 1. The predicted octanol–water partition coefficient (Wildman–Crippen LogP) is 11.7. The molecule has 1 atom stereocenters. The lowest BCUT2D eigenvalue weighted by Crippen LogP contribution is -2.64. The van der Waals surface area contributed by atoms with Gasteiger partial charge in [-0.3, -0.25) is 0 Å². The van der Waals surface area contributed by atoms with E-state index in [1.165, 1.54) is 17.1 Å². The van der Waals surface area contributed by atoms with E-state index < -0.39 is 85.6 Å². The zero-order valence-electron chi connectivity index (χ0n) is 30.0. The van der Waals surface area contributed by atoms with Crippen molar-refractivity contribution < 1.29 is 103 Å². The Hall–Kier alpha value is -3.48. The zero-order valence-corrected chi connectivity index (χ0v) is 30.0. The second-order valence-corrected chi connectivity index (χ2v) is 12.4. The monoisotopic (exact) mass is 882 g/mol. The van der Waals surface area contributed by atoms with E-state index in [0.717, 1.165) is 50.7 Å². The fourth-order valence-corrected chi connectivity index (χ4v) is 4.56. The van der Waals surface area contributed by atoms with Gasteiger partial charge >= 0.3 is 42.5 Å². The SMILES string of the molecule is CCCCCCCCOc1cnc(-c2ccc(OCCCCC[C@@H](F)COCC(F)(F)OC(F)(F)C(F)(F)OC(F)(F)C(F)(F)C(F)(F)C(F)(F)F)c(F)c2F)nc1. The van der Waals surface area contributed by atoms with Crippen molar-refractivity contribution >= 4 is 0 Å². The Morgan fingerprint density at radius 3 is 1.72 bits per heavy atom. The minimum Gasteiger partial charge on any atom is -0.490 e. The van der Waals surface area contributed by atoms with E-state index in [-0.39, 0.29) is 37.3 Å². The van der Waals surface area contributed by atoms with Gasteiger partial charge in [0, 0.05) is 0 Å².